The number of hydrogen-bond acceptors (Lipinski definition) is 2. The van der Waals surface area contributed by atoms with Gasteiger partial charge in [0.1, 0.15) is 0 Å². The lowest BCUT2D eigenvalue weighted by Gasteiger charge is -2.17. The molecule has 1 rings (SSSR count). The second-order valence-electron chi connectivity index (χ2n) is 3.94. The van der Waals surface area contributed by atoms with E-state index in [-0.39, 0.29) is 11.9 Å². The van der Waals surface area contributed by atoms with Gasteiger partial charge < -0.3 is 4.74 Å². The molecule has 0 saturated carbocycles. The topological polar surface area (TPSA) is 26.3 Å². The van der Waals surface area contributed by atoms with Crippen LogP contribution < -0.4 is 0 Å². The fraction of sp³-hybridized carbons (Fsp3) is 0.727. The van der Waals surface area contributed by atoms with Gasteiger partial charge in [0.25, 0.3) is 0 Å². The number of hydrogen-bond donors (Lipinski definition) is 0. The third kappa shape index (κ3) is 3.62. The van der Waals surface area contributed by atoms with Crippen LogP contribution in [0.2, 0.25) is 0 Å². The summed E-state index contributed by atoms with van der Waals surface area (Å²) in [6.45, 7) is 4.33. The second-order valence-corrected chi connectivity index (χ2v) is 3.94. The Hall–Kier alpha value is -0.790. The van der Waals surface area contributed by atoms with E-state index >= 15 is 0 Å². The number of carbonyl (C=O) groups excluding carboxylic acids is 1. The van der Waals surface area contributed by atoms with Gasteiger partial charge in [-0.05, 0) is 25.2 Å². The molecule has 0 aromatic heterocycles. The van der Waals surface area contributed by atoms with Crippen LogP contribution in [-0.2, 0) is 9.53 Å². The fourth-order valence-electron chi connectivity index (χ4n) is 1.37. The Bertz CT molecular complexity index is 194. The molecule has 0 aromatic carbocycles. The predicted molar refractivity (Wildman–Crippen MR) is 52.3 cm³/mol. The number of allylic oxidation sites excluding steroid dienone is 2. The lowest BCUT2D eigenvalue weighted by molar-refractivity contribution is -0.148. The van der Waals surface area contributed by atoms with Crippen molar-refractivity contribution in [1.29, 1.82) is 0 Å². The van der Waals surface area contributed by atoms with Gasteiger partial charge in [0.05, 0.1) is 12.5 Å². The molecule has 1 unspecified atom stereocenters. The van der Waals surface area contributed by atoms with Crippen LogP contribution in [0, 0.1) is 11.8 Å². The summed E-state index contributed by atoms with van der Waals surface area (Å²) in [6, 6.07) is 0. The summed E-state index contributed by atoms with van der Waals surface area (Å²) in [5, 5.41) is 0. The van der Waals surface area contributed by atoms with Crippen molar-refractivity contribution in [2.75, 3.05) is 6.61 Å². The minimum Gasteiger partial charge on any atom is -0.465 e. The second kappa shape index (κ2) is 5.05. The summed E-state index contributed by atoms with van der Waals surface area (Å²) in [7, 11) is 0. The van der Waals surface area contributed by atoms with E-state index in [4.69, 9.17) is 4.74 Å². The van der Waals surface area contributed by atoms with E-state index in [0.29, 0.717) is 12.5 Å². The molecule has 74 valence electrons. The molecule has 0 bridgehead atoms. The van der Waals surface area contributed by atoms with Gasteiger partial charge in [0.15, 0.2) is 0 Å². The van der Waals surface area contributed by atoms with Crippen molar-refractivity contribution in [2.45, 2.75) is 33.1 Å². The highest BCUT2D eigenvalue weighted by atomic mass is 16.5. The largest absolute Gasteiger partial charge is 0.465 e. The average Bonchev–Trinajstić information content (AvgIpc) is 2.15. The standard InChI is InChI=1S/C11H18O2/c1-9(2)11(12)13-8-10-6-4-3-5-7-10/h3-4,9-10H,5-8H2,1-2H3. The van der Waals surface area contributed by atoms with Crippen molar-refractivity contribution in [1.82, 2.24) is 0 Å². The van der Waals surface area contributed by atoms with Crippen LogP contribution in [0.3, 0.4) is 0 Å². The molecular weight excluding hydrogens is 164 g/mol. The van der Waals surface area contributed by atoms with Crippen LogP contribution in [0.15, 0.2) is 12.2 Å². The first-order valence-electron chi connectivity index (χ1n) is 5.01. The van der Waals surface area contributed by atoms with Crippen molar-refractivity contribution < 1.29 is 9.53 Å². The first-order chi connectivity index (χ1) is 6.20. The van der Waals surface area contributed by atoms with Gasteiger partial charge in [-0.25, -0.2) is 0 Å². The normalized spacial score (nSPS) is 21.9. The predicted octanol–water partition coefficient (Wildman–Crippen LogP) is 2.54. The molecule has 1 aliphatic carbocycles. The Morgan fingerprint density at radius 3 is 2.85 bits per heavy atom. The van der Waals surface area contributed by atoms with Crippen molar-refractivity contribution >= 4 is 5.97 Å². The highest BCUT2D eigenvalue weighted by Crippen LogP contribution is 2.18. The molecule has 1 atom stereocenters. The number of carbonyl (C=O) groups is 1. The van der Waals surface area contributed by atoms with Gasteiger partial charge in [0, 0.05) is 0 Å². The molecule has 0 radical (unpaired) electrons. The third-order valence-electron chi connectivity index (χ3n) is 2.31. The van der Waals surface area contributed by atoms with Crippen molar-refractivity contribution in [2.24, 2.45) is 11.8 Å². The molecule has 0 heterocycles. The highest BCUT2D eigenvalue weighted by molar-refractivity contribution is 5.71. The fourth-order valence-corrected chi connectivity index (χ4v) is 1.37. The Morgan fingerprint density at radius 2 is 2.31 bits per heavy atom. The van der Waals surface area contributed by atoms with Crippen molar-refractivity contribution in [3.8, 4) is 0 Å². The summed E-state index contributed by atoms with van der Waals surface area (Å²) in [4.78, 5) is 11.1. The van der Waals surface area contributed by atoms with Crippen LogP contribution >= 0.6 is 0 Å². The zero-order valence-corrected chi connectivity index (χ0v) is 8.45. The maximum absolute atomic E-state index is 11.1. The van der Waals surface area contributed by atoms with Gasteiger partial charge >= 0.3 is 5.97 Å². The Labute approximate surface area is 80.0 Å². The lowest BCUT2D eigenvalue weighted by Crippen LogP contribution is -2.18. The van der Waals surface area contributed by atoms with Crippen LogP contribution in [-0.4, -0.2) is 12.6 Å². The minimum absolute atomic E-state index is 0.000803. The van der Waals surface area contributed by atoms with E-state index in [2.05, 4.69) is 12.2 Å². The van der Waals surface area contributed by atoms with Crippen molar-refractivity contribution in [3.63, 3.8) is 0 Å². The molecule has 1 aliphatic rings. The minimum atomic E-state index is -0.0745. The van der Waals surface area contributed by atoms with E-state index in [9.17, 15) is 4.79 Å². The first kappa shape index (κ1) is 10.3. The van der Waals surface area contributed by atoms with Gasteiger partial charge in [-0.3, -0.25) is 4.79 Å². The monoisotopic (exact) mass is 182 g/mol. The zero-order valence-electron chi connectivity index (χ0n) is 8.45. The molecule has 0 aliphatic heterocycles. The molecule has 0 N–H and O–H groups in total. The van der Waals surface area contributed by atoms with Crippen molar-refractivity contribution in [3.05, 3.63) is 12.2 Å². The van der Waals surface area contributed by atoms with Crippen LogP contribution in [0.1, 0.15) is 33.1 Å². The van der Waals surface area contributed by atoms with Gasteiger partial charge in [-0.2, -0.15) is 0 Å². The maximum atomic E-state index is 11.1. The van der Waals surface area contributed by atoms with E-state index in [1.807, 2.05) is 13.8 Å². The van der Waals surface area contributed by atoms with Crippen LogP contribution in [0.25, 0.3) is 0 Å². The molecule has 0 saturated heterocycles. The van der Waals surface area contributed by atoms with Gasteiger partial charge in [-0.1, -0.05) is 26.0 Å². The first-order valence-corrected chi connectivity index (χ1v) is 5.01. The van der Waals surface area contributed by atoms with Gasteiger partial charge in [0.2, 0.25) is 0 Å². The summed E-state index contributed by atoms with van der Waals surface area (Å²) in [5.41, 5.74) is 0. The molecule has 0 spiro atoms. The number of ether oxygens (including phenoxy) is 1. The number of rotatable bonds is 3. The molecule has 2 heteroatoms. The van der Waals surface area contributed by atoms with Crippen LogP contribution in [0.5, 0.6) is 0 Å². The lowest BCUT2D eigenvalue weighted by atomic mass is 9.95. The van der Waals surface area contributed by atoms with E-state index in [1.165, 1.54) is 0 Å². The molecule has 13 heavy (non-hydrogen) atoms. The summed E-state index contributed by atoms with van der Waals surface area (Å²) in [5.74, 6) is 0.474. The quantitative estimate of drug-likeness (QED) is 0.495. The third-order valence-corrected chi connectivity index (χ3v) is 2.31. The zero-order chi connectivity index (χ0) is 9.68. The van der Waals surface area contributed by atoms with E-state index in [1.54, 1.807) is 0 Å². The molecule has 0 amide bonds. The highest BCUT2D eigenvalue weighted by Gasteiger charge is 2.14. The Morgan fingerprint density at radius 1 is 1.54 bits per heavy atom. The SMILES string of the molecule is CC(C)C(=O)OCC1CC=CCC1. The maximum Gasteiger partial charge on any atom is 0.308 e. The Balaban J connectivity index is 2.18. The number of esters is 1. The van der Waals surface area contributed by atoms with Crippen LogP contribution in [0.4, 0.5) is 0 Å². The van der Waals surface area contributed by atoms with Gasteiger partial charge in [-0.15, -0.1) is 0 Å². The average molecular weight is 182 g/mol. The molecule has 0 aromatic rings. The van der Waals surface area contributed by atoms with E-state index < -0.39 is 0 Å². The van der Waals surface area contributed by atoms with E-state index in [0.717, 1.165) is 19.3 Å². The summed E-state index contributed by atoms with van der Waals surface area (Å²) >= 11 is 0. The summed E-state index contributed by atoms with van der Waals surface area (Å²) < 4.78 is 5.17. The summed E-state index contributed by atoms with van der Waals surface area (Å²) in [6.07, 6.45) is 7.72. The molecular formula is C11H18O2. The molecule has 0 fully saturated rings. The Kier molecular flexibility index (Phi) is 4.00. The smallest absolute Gasteiger partial charge is 0.308 e. The molecule has 2 nitrogen and oxygen atoms in total.